The van der Waals surface area contributed by atoms with Gasteiger partial charge in [0, 0.05) is 10.4 Å². The summed E-state index contributed by atoms with van der Waals surface area (Å²) in [5.41, 5.74) is 7.17. The van der Waals surface area contributed by atoms with Gasteiger partial charge in [-0.25, -0.2) is 9.37 Å². The molecule has 1 heterocycles. The van der Waals surface area contributed by atoms with Crippen molar-refractivity contribution in [2.24, 2.45) is 11.1 Å². The Balaban J connectivity index is 0.00000264. The summed E-state index contributed by atoms with van der Waals surface area (Å²) in [6.07, 6.45) is 0. The molecule has 3 N–H and O–H groups in total. The molecule has 0 radical (unpaired) electrons. The third-order valence-electron chi connectivity index (χ3n) is 3.36. The summed E-state index contributed by atoms with van der Waals surface area (Å²) < 4.78 is 13.0. The zero-order chi connectivity index (χ0) is 16.5. The maximum absolute atomic E-state index is 13.0. The summed E-state index contributed by atoms with van der Waals surface area (Å²) in [6.45, 7) is 7.65. The van der Waals surface area contributed by atoms with Gasteiger partial charge in [0.1, 0.15) is 5.82 Å². The van der Waals surface area contributed by atoms with Gasteiger partial charge in [0.2, 0.25) is 5.91 Å². The maximum atomic E-state index is 13.0. The van der Waals surface area contributed by atoms with Crippen LogP contribution in [0.4, 0.5) is 9.52 Å². The molecule has 2 rings (SSSR count). The van der Waals surface area contributed by atoms with Crippen molar-refractivity contribution in [1.82, 2.24) is 4.98 Å². The second-order valence-corrected chi connectivity index (χ2v) is 7.47. The zero-order valence-corrected chi connectivity index (χ0v) is 15.1. The molecule has 4 nitrogen and oxygen atoms in total. The number of benzene rings is 1. The second-order valence-electron chi connectivity index (χ2n) is 6.26. The Kier molecular flexibility index (Phi) is 6.27. The van der Waals surface area contributed by atoms with Crippen LogP contribution in [0, 0.1) is 18.2 Å². The van der Waals surface area contributed by atoms with Crippen molar-refractivity contribution < 1.29 is 9.18 Å². The number of nitrogens with zero attached hydrogens (tertiary/aromatic N) is 1. The Labute approximate surface area is 145 Å². The van der Waals surface area contributed by atoms with Crippen molar-refractivity contribution in [3.63, 3.8) is 0 Å². The molecule has 2 aromatic rings. The van der Waals surface area contributed by atoms with E-state index in [9.17, 15) is 9.18 Å². The normalized spacial score (nSPS) is 12.4. The van der Waals surface area contributed by atoms with E-state index in [1.807, 2.05) is 27.7 Å². The molecule has 0 aliphatic carbocycles. The summed E-state index contributed by atoms with van der Waals surface area (Å²) in [5.74, 6) is -0.548. The Hall–Kier alpha value is -1.50. The number of halogens is 2. The first-order valence-corrected chi connectivity index (χ1v) is 7.80. The van der Waals surface area contributed by atoms with Crippen molar-refractivity contribution in [2.75, 3.05) is 5.32 Å². The summed E-state index contributed by atoms with van der Waals surface area (Å²) in [4.78, 5) is 17.5. The number of hydrogen-bond donors (Lipinski definition) is 2. The van der Waals surface area contributed by atoms with Crippen LogP contribution in [0.1, 0.15) is 25.6 Å². The number of carbonyl (C=O) groups excluding carboxylic acids is 1. The number of rotatable bonds is 3. The lowest BCUT2D eigenvalue weighted by atomic mass is 9.87. The predicted octanol–water partition coefficient (Wildman–Crippen LogP) is 3.99. The topological polar surface area (TPSA) is 68.0 Å². The monoisotopic (exact) mass is 357 g/mol. The fourth-order valence-electron chi connectivity index (χ4n) is 1.90. The van der Waals surface area contributed by atoms with Crippen LogP contribution >= 0.6 is 23.7 Å². The van der Waals surface area contributed by atoms with Crippen molar-refractivity contribution in [1.29, 1.82) is 0 Å². The van der Waals surface area contributed by atoms with Crippen LogP contribution < -0.4 is 11.1 Å². The van der Waals surface area contributed by atoms with Gasteiger partial charge in [-0.15, -0.1) is 23.7 Å². The highest BCUT2D eigenvalue weighted by atomic mass is 35.5. The smallest absolute Gasteiger partial charge is 0.243 e. The van der Waals surface area contributed by atoms with E-state index in [2.05, 4.69) is 10.3 Å². The van der Waals surface area contributed by atoms with Gasteiger partial charge in [-0.1, -0.05) is 20.8 Å². The molecule has 1 aromatic heterocycles. The van der Waals surface area contributed by atoms with E-state index in [4.69, 9.17) is 5.73 Å². The van der Waals surface area contributed by atoms with Crippen LogP contribution in [0.2, 0.25) is 0 Å². The van der Waals surface area contributed by atoms with Crippen LogP contribution in [-0.4, -0.2) is 16.9 Å². The molecule has 0 fully saturated rings. The summed E-state index contributed by atoms with van der Waals surface area (Å²) in [7, 11) is 0. The maximum Gasteiger partial charge on any atom is 0.243 e. The number of nitrogens with two attached hydrogens (primary N) is 1. The SMILES string of the molecule is Cc1sc(NC(=O)[C@@H](N)C(C)(C)C)nc1-c1ccc(F)cc1.Cl. The molecule has 126 valence electrons. The molecule has 0 aliphatic heterocycles. The van der Waals surface area contributed by atoms with E-state index in [-0.39, 0.29) is 29.5 Å². The van der Waals surface area contributed by atoms with E-state index >= 15 is 0 Å². The third kappa shape index (κ3) is 4.73. The quantitative estimate of drug-likeness (QED) is 0.872. The first-order chi connectivity index (χ1) is 10.2. The largest absolute Gasteiger partial charge is 0.319 e. The molecule has 1 amide bonds. The molecule has 0 bridgehead atoms. The highest BCUT2D eigenvalue weighted by Gasteiger charge is 2.28. The van der Waals surface area contributed by atoms with Crippen molar-refractivity contribution in [2.45, 2.75) is 33.7 Å². The van der Waals surface area contributed by atoms with Crippen molar-refractivity contribution in [3.05, 3.63) is 35.0 Å². The van der Waals surface area contributed by atoms with Gasteiger partial charge in [-0.05, 0) is 36.6 Å². The van der Waals surface area contributed by atoms with Gasteiger partial charge < -0.3 is 11.1 Å². The van der Waals surface area contributed by atoms with Gasteiger partial charge in [0.05, 0.1) is 11.7 Å². The molecule has 7 heteroatoms. The Morgan fingerprint density at radius 2 is 1.87 bits per heavy atom. The number of carbonyl (C=O) groups is 1. The first kappa shape index (κ1) is 19.5. The predicted molar refractivity (Wildman–Crippen MR) is 95.6 cm³/mol. The summed E-state index contributed by atoms with van der Waals surface area (Å²) in [5, 5.41) is 3.26. The number of amides is 1. The average Bonchev–Trinajstić information content (AvgIpc) is 2.78. The minimum Gasteiger partial charge on any atom is -0.319 e. The Bertz CT molecular complexity index is 680. The van der Waals surface area contributed by atoms with Gasteiger partial charge in [-0.3, -0.25) is 4.79 Å². The molecule has 0 unspecified atom stereocenters. The van der Waals surface area contributed by atoms with Crippen LogP contribution in [0.3, 0.4) is 0 Å². The number of anilines is 1. The number of aromatic nitrogens is 1. The number of hydrogen-bond acceptors (Lipinski definition) is 4. The fraction of sp³-hybridized carbons (Fsp3) is 0.375. The molecule has 0 aliphatic rings. The lowest BCUT2D eigenvalue weighted by molar-refractivity contribution is -0.119. The molecular formula is C16H21ClFN3OS. The minimum atomic E-state index is -0.619. The van der Waals surface area contributed by atoms with Gasteiger partial charge in [0.15, 0.2) is 5.13 Å². The number of aryl methyl sites for hydroxylation is 1. The van der Waals surface area contributed by atoms with Crippen molar-refractivity contribution >= 4 is 34.8 Å². The van der Waals surface area contributed by atoms with E-state index in [1.165, 1.54) is 23.5 Å². The van der Waals surface area contributed by atoms with E-state index < -0.39 is 6.04 Å². The molecule has 0 spiro atoms. The second kappa shape index (κ2) is 7.38. The highest BCUT2D eigenvalue weighted by Crippen LogP contribution is 2.31. The average molecular weight is 358 g/mol. The molecule has 23 heavy (non-hydrogen) atoms. The molecule has 1 atom stereocenters. The fourth-order valence-corrected chi connectivity index (χ4v) is 2.74. The standard InChI is InChI=1S/C16H20FN3OS.ClH/c1-9-12(10-5-7-11(17)8-6-10)19-15(22-9)20-14(21)13(18)16(2,3)4;/h5-8,13H,18H2,1-4H3,(H,19,20,21);1H/t13-;/m1./s1. The summed E-state index contributed by atoms with van der Waals surface area (Å²) >= 11 is 1.38. The van der Waals surface area contributed by atoms with Crippen molar-refractivity contribution in [3.8, 4) is 11.3 Å². The number of nitrogens with one attached hydrogen (secondary N) is 1. The van der Waals surface area contributed by atoms with E-state index in [1.54, 1.807) is 12.1 Å². The van der Waals surface area contributed by atoms with Crippen LogP contribution in [-0.2, 0) is 4.79 Å². The van der Waals surface area contributed by atoms with Crippen LogP contribution in [0.5, 0.6) is 0 Å². The van der Waals surface area contributed by atoms with Gasteiger partial charge in [-0.2, -0.15) is 0 Å². The Morgan fingerprint density at radius 3 is 2.39 bits per heavy atom. The van der Waals surface area contributed by atoms with Gasteiger partial charge in [0.25, 0.3) is 0 Å². The van der Waals surface area contributed by atoms with Gasteiger partial charge >= 0.3 is 0 Å². The van der Waals surface area contributed by atoms with Crippen LogP contribution in [0.15, 0.2) is 24.3 Å². The molecule has 0 saturated carbocycles. The van der Waals surface area contributed by atoms with Crippen LogP contribution in [0.25, 0.3) is 11.3 Å². The minimum absolute atomic E-state index is 0. The summed E-state index contributed by atoms with van der Waals surface area (Å²) in [6, 6.07) is 5.50. The highest BCUT2D eigenvalue weighted by molar-refractivity contribution is 7.16. The molecule has 1 aromatic carbocycles. The molecular weight excluding hydrogens is 337 g/mol. The third-order valence-corrected chi connectivity index (χ3v) is 4.25. The lowest BCUT2D eigenvalue weighted by Crippen LogP contribution is -2.45. The number of thiazole rings is 1. The van der Waals surface area contributed by atoms with E-state index in [0.29, 0.717) is 5.13 Å². The molecule has 0 saturated heterocycles. The first-order valence-electron chi connectivity index (χ1n) is 6.98. The van der Waals surface area contributed by atoms with E-state index in [0.717, 1.165) is 16.1 Å². The zero-order valence-electron chi connectivity index (χ0n) is 13.5. The lowest BCUT2D eigenvalue weighted by Gasteiger charge is -2.25. The Morgan fingerprint density at radius 1 is 1.30 bits per heavy atom.